The molecule has 0 aliphatic carbocycles. The Morgan fingerprint density at radius 3 is 2.63 bits per heavy atom. The maximum Gasteiger partial charge on any atom is 0.258 e. The molecule has 98 valence electrons. The number of amides is 1. The van der Waals surface area contributed by atoms with Crippen LogP contribution < -0.4 is 10.5 Å². The van der Waals surface area contributed by atoms with Crippen LogP contribution in [0.25, 0.3) is 11.1 Å². The summed E-state index contributed by atoms with van der Waals surface area (Å²) in [6.45, 7) is 1.62. The third-order valence-corrected chi connectivity index (χ3v) is 3.06. The smallest absolute Gasteiger partial charge is 0.258 e. The van der Waals surface area contributed by atoms with E-state index in [9.17, 15) is 4.79 Å². The molecule has 2 aromatic carbocycles. The predicted molar refractivity (Wildman–Crippen MR) is 76.2 cm³/mol. The van der Waals surface area contributed by atoms with Crippen LogP contribution in [0.2, 0.25) is 5.02 Å². The molecule has 0 bridgehead atoms. The summed E-state index contributed by atoms with van der Waals surface area (Å²) in [6.07, 6.45) is -0.665. The zero-order valence-electron chi connectivity index (χ0n) is 10.5. The fourth-order valence-electron chi connectivity index (χ4n) is 1.69. The van der Waals surface area contributed by atoms with Crippen molar-refractivity contribution in [3.8, 4) is 16.9 Å². The third kappa shape index (κ3) is 3.26. The van der Waals surface area contributed by atoms with E-state index < -0.39 is 12.0 Å². The van der Waals surface area contributed by atoms with E-state index in [2.05, 4.69) is 0 Å². The average Bonchev–Trinajstić information content (AvgIpc) is 2.39. The second kappa shape index (κ2) is 5.76. The van der Waals surface area contributed by atoms with Crippen LogP contribution in [0.5, 0.6) is 5.75 Å². The standard InChI is InChI=1S/C15H14ClNO2/c1-10(15(17)18)19-12-6-4-5-11(9-12)13-7-2-3-8-14(13)16/h2-10H,1H3,(H2,17,18)/t10-/m1/s1. The van der Waals surface area contributed by atoms with Gasteiger partial charge in [0.1, 0.15) is 5.75 Å². The fourth-order valence-corrected chi connectivity index (χ4v) is 1.94. The number of carbonyl (C=O) groups excluding carboxylic acids is 1. The second-order valence-electron chi connectivity index (χ2n) is 4.17. The van der Waals surface area contributed by atoms with Gasteiger partial charge < -0.3 is 10.5 Å². The summed E-state index contributed by atoms with van der Waals surface area (Å²) in [5.74, 6) is 0.0897. The van der Waals surface area contributed by atoms with Crippen LogP contribution in [0, 0.1) is 0 Å². The molecule has 0 aromatic heterocycles. The van der Waals surface area contributed by atoms with E-state index in [4.69, 9.17) is 22.1 Å². The van der Waals surface area contributed by atoms with Crippen molar-refractivity contribution in [1.82, 2.24) is 0 Å². The van der Waals surface area contributed by atoms with Crippen LogP contribution in [0.15, 0.2) is 48.5 Å². The minimum Gasteiger partial charge on any atom is -0.481 e. The maximum atomic E-state index is 11.0. The second-order valence-corrected chi connectivity index (χ2v) is 4.58. The summed E-state index contributed by atoms with van der Waals surface area (Å²) in [6, 6.07) is 14.9. The van der Waals surface area contributed by atoms with Crippen molar-refractivity contribution in [2.75, 3.05) is 0 Å². The number of nitrogens with two attached hydrogens (primary N) is 1. The molecule has 2 aromatic rings. The highest BCUT2D eigenvalue weighted by molar-refractivity contribution is 6.33. The van der Waals surface area contributed by atoms with E-state index in [1.165, 1.54) is 0 Å². The first-order chi connectivity index (χ1) is 9.08. The molecule has 2 rings (SSSR count). The van der Waals surface area contributed by atoms with Crippen LogP contribution in [0.4, 0.5) is 0 Å². The van der Waals surface area contributed by atoms with Crippen LogP contribution in [-0.2, 0) is 4.79 Å². The van der Waals surface area contributed by atoms with Gasteiger partial charge in [-0.3, -0.25) is 4.79 Å². The Labute approximate surface area is 117 Å². The van der Waals surface area contributed by atoms with E-state index in [1.807, 2.05) is 42.5 Å². The van der Waals surface area contributed by atoms with Gasteiger partial charge in [0.15, 0.2) is 6.10 Å². The number of hydrogen-bond donors (Lipinski definition) is 1. The molecule has 4 heteroatoms. The van der Waals surface area contributed by atoms with Gasteiger partial charge in [0.25, 0.3) is 5.91 Å². The van der Waals surface area contributed by atoms with Crippen LogP contribution >= 0.6 is 11.6 Å². The molecule has 0 radical (unpaired) electrons. The third-order valence-electron chi connectivity index (χ3n) is 2.73. The Balaban J connectivity index is 2.30. The molecular weight excluding hydrogens is 262 g/mol. The average molecular weight is 276 g/mol. The molecule has 19 heavy (non-hydrogen) atoms. The number of benzene rings is 2. The molecule has 1 amide bonds. The van der Waals surface area contributed by atoms with Crippen LogP contribution in [-0.4, -0.2) is 12.0 Å². The maximum absolute atomic E-state index is 11.0. The Hall–Kier alpha value is -2.00. The Morgan fingerprint density at radius 2 is 1.95 bits per heavy atom. The van der Waals surface area contributed by atoms with Crippen LogP contribution in [0.3, 0.4) is 0 Å². The number of carbonyl (C=O) groups is 1. The van der Waals surface area contributed by atoms with Crippen molar-refractivity contribution >= 4 is 17.5 Å². The molecule has 2 N–H and O–H groups in total. The minimum absolute atomic E-state index is 0.497. The Morgan fingerprint density at radius 1 is 1.21 bits per heavy atom. The Kier molecular flexibility index (Phi) is 4.07. The van der Waals surface area contributed by atoms with Crippen molar-refractivity contribution in [2.45, 2.75) is 13.0 Å². The highest BCUT2D eigenvalue weighted by Gasteiger charge is 2.11. The number of halogens is 1. The quantitative estimate of drug-likeness (QED) is 0.931. The minimum atomic E-state index is -0.665. The molecule has 0 aliphatic heterocycles. The molecule has 3 nitrogen and oxygen atoms in total. The van der Waals surface area contributed by atoms with Gasteiger partial charge in [0.2, 0.25) is 0 Å². The summed E-state index contributed by atoms with van der Waals surface area (Å²) in [4.78, 5) is 11.0. The highest BCUT2D eigenvalue weighted by atomic mass is 35.5. The van der Waals surface area contributed by atoms with Gasteiger partial charge >= 0.3 is 0 Å². The normalized spacial score (nSPS) is 11.9. The van der Waals surface area contributed by atoms with E-state index in [0.717, 1.165) is 11.1 Å². The number of hydrogen-bond acceptors (Lipinski definition) is 2. The lowest BCUT2D eigenvalue weighted by molar-refractivity contribution is -0.123. The highest BCUT2D eigenvalue weighted by Crippen LogP contribution is 2.30. The zero-order chi connectivity index (χ0) is 13.8. The van der Waals surface area contributed by atoms with E-state index >= 15 is 0 Å². The topological polar surface area (TPSA) is 52.3 Å². The van der Waals surface area contributed by atoms with Crippen LogP contribution in [0.1, 0.15) is 6.92 Å². The summed E-state index contributed by atoms with van der Waals surface area (Å²) in [7, 11) is 0. The molecule has 0 spiro atoms. The first-order valence-corrected chi connectivity index (χ1v) is 6.26. The van der Waals surface area contributed by atoms with E-state index in [0.29, 0.717) is 10.8 Å². The van der Waals surface area contributed by atoms with Crippen molar-refractivity contribution in [1.29, 1.82) is 0 Å². The summed E-state index contributed by atoms with van der Waals surface area (Å²) in [5.41, 5.74) is 7.02. The van der Waals surface area contributed by atoms with Gasteiger partial charge in [-0.2, -0.15) is 0 Å². The summed E-state index contributed by atoms with van der Waals surface area (Å²) >= 11 is 6.15. The lowest BCUT2D eigenvalue weighted by atomic mass is 10.1. The summed E-state index contributed by atoms with van der Waals surface area (Å²) in [5, 5.41) is 0.669. The van der Waals surface area contributed by atoms with Gasteiger partial charge in [-0.05, 0) is 30.7 Å². The lowest BCUT2D eigenvalue weighted by Gasteiger charge is -2.12. The zero-order valence-corrected chi connectivity index (χ0v) is 11.2. The number of ether oxygens (including phenoxy) is 1. The number of primary amides is 1. The van der Waals surface area contributed by atoms with Gasteiger partial charge in [-0.1, -0.05) is 41.9 Å². The van der Waals surface area contributed by atoms with Gasteiger partial charge in [-0.15, -0.1) is 0 Å². The first kappa shape index (κ1) is 13.4. The fraction of sp³-hybridized carbons (Fsp3) is 0.133. The lowest BCUT2D eigenvalue weighted by Crippen LogP contribution is -2.30. The molecule has 0 aliphatic rings. The van der Waals surface area contributed by atoms with Crippen molar-refractivity contribution < 1.29 is 9.53 Å². The van der Waals surface area contributed by atoms with E-state index in [-0.39, 0.29) is 0 Å². The van der Waals surface area contributed by atoms with Gasteiger partial charge in [0.05, 0.1) is 0 Å². The summed E-state index contributed by atoms with van der Waals surface area (Å²) < 4.78 is 5.46. The number of rotatable bonds is 4. The van der Waals surface area contributed by atoms with Gasteiger partial charge in [0, 0.05) is 10.6 Å². The van der Waals surface area contributed by atoms with Gasteiger partial charge in [-0.25, -0.2) is 0 Å². The van der Waals surface area contributed by atoms with E-state index in [1.54, 1.807) is 13.0 Å². The molecule has 0 unspecified atom stereocenters. The first-order valence-electron chi connectivity index (χ1n) is 5.89. The van der Waals surface area contributed by atoms with Crippen molar-refractivity contribution in [3.05, 3.63) is 53.6 Å². The van der Waals surface area contributed by atoms with Crippen molar-refractivity contribution in [3.63, 3.8) is 0 Å². The molecular formula is C15H14ClNO2. The molecule has 1 atom stereocenters. The largest absolute Gasteiger partial charge is 0.481 e. The SMILES string of the molecule is C[C@@H](Oc1cccc(-c2ccccc2Cl)c1)C(N)=O. The predicted octanol–water partition coefficient (Wildman–Crippen LogP) is 3.26. The van der Waals surface area contributed by atoms with Crippen molar-refractivity contribution in [2.24, 2.45) is 5.73 Å². The molecule has 0 saturated heterocycles. The Bertz CT molecular complexity index is 598. The monoisotopic (exact) mass is 275 g/mol. The molecule has 0 heterocycles. The molecule has 0 saturated carbocycles. The molecule has 0 fully saturated rings.